The molecule has 2 N–H and O–H groups in total. The number of rotatable bonds is 11. The zero-order valence-corrected chi connectivity index (χ0v) is 35.1. The van der Waals surface area contributed by atoms with Gasteiger partial charge >= 0.3 is 5.97 Å². The molecule has 1 aromatic heterocycles. The normalized spacial score (nSPS) is 38.1. The van der Waals surface area contributed by atoms with Crippen LogP contribution in [0.3, 0.4) is 0 Å². The van der Waals surface area contributed by atoms with Crippen LogP contribution in [0.2, 0.25) is 0 Å². The average Bonchev–Trinajstić information content (AvgIpc) is 3.16. The molecule has 2 aliphatic heterocycles. The first-order valence-electron chi connectivity index (χ1n) is 20.0. The summed E-state index contributed by atoms with van der Waals surface area (Å²) in [7, 11) is 5.06. The number of pyridine rings is 1. The van der Waals surface area contributed by atoms with Crippen LogP contribution in [0.5, 0.6) is 0 Å². The number of ether oxygens (including phenoxy) is 5. The number of likely N-dealkylation sites (N-methyl/N-ethyl adjacent to an activating group) is 1. The Hall–Kier alpha value is -2.91. The monoisotopic (exact) mass is 788 g/mol. The summed E-state index contributed by atoms with van der Waals surface area (Å²) < 4.78 is 47.3. The van der Waals surface area contributed by atoms with E-state index in [0.29, 0.717) is 12.8 Å². The number of carbonyl (C=O) groups is 3. The van der Waals surface area contributed by atoms with Gasteiger partial charge in [-0.3, -0.25) is 14.6 Å². The Bertz CT molecular complexity index is 1650. The van der Waals surface area contributed by atoms with E-state index in [4.69, 9.17) is 23.7 Å². The van der Waals surface area contributed by atoms with Crippen molar-refractivity contribution in [2.24, 2.45) is 17.8 Å². The molecule has 56 heavy (non-hydrogen) atoms. The molecule has 13 heteroatoms. The van der Waals surface area contributed by atoms with Crippen LogP contribution in [0.4, 0.5) is 4.39 Å². The maximum atomic E-state index is 16.7. The molecule has 2 aromatic rings. The van der Waals surface area contributed by atoms with Crippen molar-refractivity contribution in [2.75, 3.05) is 27.8 Å². The molecule has 13 atom stereocenters. The summed E-state index contributed by atoms with van der Waals surface area (Å²) in [6, 6.07) is 7.68. The number of halogens is 1. The maximum absolute atomic E-state index is 16.7. The lowest BCUT2D eigenvalue weighted by Gasteiger charge is -2.47. The van der Waals surface area contributed by atoms with E-state index in [1.165, 1.54) is 21.0 Å². The van der Waals surface area contributed by atoms with Gasteiger partial charge in [-0.1, -0.05) is 52.0 Å². The fraction of sp³-hybridized carbons (Fsp3) is 0.721. The summed E-state index contributed by atoms with van der Waals surface area (Å²) in [5, 5.41) is 25.7. The molecule has 0 aliphatic carbocycles. The van der Waals surface area contributed by atoms with E-state index in [1.807, 2.05) is 56.5 Å². The van der Waals surface area contributed by atoms with Crippen LogP contribution < -0.4 is 0 Å². The van der Waals surface area contributed by atoms with Crippen LogP contribution in [-0.4, -0.2) is 125 Å². The first-order valence-corrected chi connectivity index (χ1v) is 20.0. The number of hydrogen-bond acceptors (Lipinski definition) is 12. The third kappa shape index (κ3) is 9.85. The lowest BCUT2D eigenvalue weighted by molar-refractivity contribution is -0.295. The number of aliphatic hydroxyl groups is 2. The third-order valence-corrected chi connectivity index (χ3v) is 12.2. The summed E-state index contributed by atoms with van der Waals surface area (Å²) in [5.74, 6) is -5.90. The van der Waals surface area contributed by atoms with Crippen molar-refractivity contribution >= 4 is 28.3 Å². The molecule has 0 amide bonds. The number of unbranched alkanes of at least 4 members (excludes halogenated alkanes) is 1. The van der Waals surface area contributed by atoms with Crippen molar-refractivity contribution in [2.45, 2.75) is 154 Å². The molecule has 0 spiro atoms. The molecular formula is C43H65FN2O10. The summed E-state index contributed by atoms with van der Waals surface area (Å²) in [6.45, 7) is 12.4. The summed E-state index contributed by atoms with van der Waals surface area (Å²) in [6.07, 6.45) is -0.225. The molecule has 2 fully saturated rings. The molecule has 4 rings (SSSR count). The van der Waals surface area contributed by atoms with E-state index >= 15 is 4.39 Å². The van der Waals surface area contributed by atoms with E-state index in [2.05, 4.69) is 11.1 Å². The zero-order chi connectivity index (χ0) is 41.7. The Morgan fingerprint density at radius 1 is 1.00 bits per heavy atom. The van der Waals surface area contributed by atoms with Crippen molar-refractivity contribution in [3.8, 4) is 0 Å². The number of nitrogens with zero attached hydrogens (tertiary/aromatic N) is 2. The van der Waals surface area contributed by atoms with Crippen molar-refractivity contribution in [1.82, 2.24) is 9.88 Å². The van der Waals surface area contributed by atoms with Gasteiger partial charge in [0.05, 0.1) is 23.9 Å². The molecule has 2 aliphatic rings. The molecule has 3 heterocycles. The highest BCUT2D eigenvalue weighted by Crippen LogP contribution is 2.40. The number of benzene rings is 1. The van der Waals surface area contributed by atoms with Gasteiger partial charge in [0.25, 0.3) is 5.67 Å². The van der Waals surface area contributed by atoms with Crippen molar-refractivity contribution in [3.63, 3.8) is 0 Å². The summed E-state index contributed by atoms with van der Waals surface area (Å²) in [4.78, 5) is 48.5. The Morgan fingerprint density at radius 2 is 1.68 bits per heavy atom. The number of ketones is 2. The molecule has 0 bridgehead atoms. The van der Waals surface area contributed by atoms with Crippen molar-refractivity contribution in [1.29, 1.82) is 0 Å². The minimum absolute atomic E-state index is 0.00300. The smallest absolute Gasteiger partial charge is 0.351 e. The van der Waals surface area contributed by atoms with Crippen LogP contribution in [0.15, 0.2) is 36.7 Å². The van der Waals surface area contributed by atoms with Gasteiger partial charge in [-0.05, 0) is 91.3 Å². The number of fused-ring (bicyclic) bond motifs is 1. The first kappa shape index (κ1) is 45.8. The summed E-state index contributed by atoms with van der Waals surface area (Å²) >= 11 is 0. The lowest BCUT2D eigenvalue weighted by atomic mass is 9.74. The average molecular weight is 789 g/mol. The molecule has 1 unspecified atom stereocenters. The Morgan fingerprint density at radius 3 is 2.32 bits per heavy atom. The van der Waals surface area contributed by atoms with E-state index < -0.39 is 77.1 Å². The number of carbonyl (C=O) groups excluding carboxylic acids is 3. The molecule has 314 valence electrons. The van der Waals surface area contributed by atoms with Crippen LogP contribution in [-0.2, 0) is 44.5 Å². The second-order valence-corrected chi connectivity index (χ2v) is 16.9. The van der Waals surface area contributed by atoms with E-state index in [-0.39, 0.29) is 37.4 Å². The van der Waals surface area contributed by atoms with Gasteiger partial charge in [-0.15, -0.1) is 0 Å². The van der Waals surface area contributed by atoms with Gasteiger partial charge in [0.1, 0.15) is 23.6 Å². The SMILES string of the molecule is CC[C@H]1OC(=O)[C@@](C)(F)C(=O)[C@H](C)[C@@H](O[C@@H]2O[C@H](C)C[C@H](N(C)C)[C@H]2O)[C@@](C)(OC)C[C@@H](C)C(=O)[C@H](C)C(OCCCCc2cncc3ccccc23)[C@]1(C)O. The quantitative estimate of drug-likeness (QED) is 0.170. The van der Waals surface area contributed by atoms with Gasteiger partial charge < -0.3 is 38.8 Å². The first-order chi connectivity index (χ1) is 26.2. The van der Waals surface area contributed by atoms with Crippen LogP contribution in [0, 0.1) is 17.8 Å². The van der Waals surface area contributed by atoms with Crippen molar-refractivity contribution in [3.05, 3.63) is 42.2 Å². The largest absolute Gasteiger partial charge is 0.457 e. The van der Waals surface area contributed by atoms with E-state index in [0.717, 1.165) is 36.1 Å². The standard InChI is InChI=1S/C43H65FN2O10/c1-12-33-43(8,51)38(53-20-16-15-18-30-24-45-23-29-17-13-14-19-31(29)30)27(4)34(47)25(2)22-41(6,52-11)37(28(5)36(49)42(7,44)40(50)55-33)56-39-35(48)32(46(9)10)21-26(3)54-39/h13-14,17,19,23-28,32-33,35,37-39,48,51H,12,15-16,18,20-22H2,1-11H3/t25-,26-,27+,28+,32+,33-,35-,37-,38?,39+,41+,42+,43-/m1/s1. The minimum Gasteiger partial charge on any atom is -0.457 e. The van der Waals surface area contributed by atoms with Gasteiger partial charge in [-0.25, -0.2) is 9.18 Å². The van der Waals surface area contributed by atoms with Crippen LogP contribution in [0.25, 0.3) is 10.8 Å². The summed E-state index contributed by atoms with van der Waals surface area (Å²) in [5.41, 5.74) is -5.47. The van der Waals surface area contributed by atoms with E-state index in [1.54, 1.807) is 27.7 Å². The van der Waals surface area contributed by atoms with Gasteiger partial charge in [0.2, 0.25) is 0 Å². The number of methoxy groups -OCH3 is 1. The predicted octanol–water partition coefficient (Wildman–Crippen LogP) is 5.41. The fourth-order valence-corrected chi connectivity index (χ4v) is 8.74. The van der Waals surface area contributed by atoms with E-state index in [9.17, 15) is 24.6 Å². The minimum atomic E-state index is -3.17. The Kier molecular flexibility index (Phi) is 15.4. The molecule has 1 aromatic carbocycles. The molecule has 0 saturated carbocycles. The third-order valence-electron chi connectivity index (χ3n) is 12.2. The maximum Gasteiger partial charge on any atom is 0.351 e. The molecular weight excluding hydrogens is 723 g/mol. The topological polar surface area (TPSA) is 154 Å². The lowest BCUT2D eigenvalue weighted by Crippen LogP contribution is -2.61. The van der Waals surface area contributed by atoms with Crippen LogP contribution >= 0.6 is 0 Å². The van der Waals surface area contributed by atoms with Gasteiger partial charge in [-0.2, -0.15) is 0 Å². The fourth-order valence-electron chi connectivity index (χ4n) is 8.74. The predicted molar refractivity (Wildman–Crippen MR) is 210 cm³/mol. The number of aliphatic hydroxyl groups excluding tert-OH is 1. The number of aromatic nitrogens is 1. The van der Waals surface area contributed by atoms with Gasteiger partial charge in [0.15, 0.2) is 12.1 Å². The molecule has 12 nitrogen and oxygen atoms in total. The second kappa shape index (κ2) is 18.8. The highest BCUT2D eigenvalue weighted by molar-refractivity contribution is 6.07. The highest BCUT2D eigenvalue weighted by Gasteiger charge is 2.56. The number of hydrogen-bond donors (Lipinski definition) is 2. The number of esters is 1. The number of alkyl halides is 1. The number of aryl methyl sites for hydroxylation is 1. The number of Topliss-reactive ketones (excluding diaryl/α,β-unsaturated/α-hetero) is 2. The zero-order valence-electron chi connectivity index (χ0n) is 35.1. The molecule has 0 radical (unpaired) electrons. The van der Waals surface area contributed by atoms with Gasteiger partial charge in [0, 0.05) is 55.3 Å². The van der Waals surface area contributed by atoms with Crippen molar-refractivity contribution < 1.29 is 52.7 Å². The Labute approximate surface area is 331 Å². The highest BCUT2D eigenvalue weighted by atomic mass is 19.1. The number of cyclic esters (lactones) is 1. The van der Waals surface area contributed by atoms with Crippen LogP contribution in [0.1, 0.15) is 93.1 Å². The Balaban J connectivity index is 1.66. The molecule has 2 saturated heterocycles. The second-order valence-electron chi connectivity index (χ2n) is 16.9.